The first-order chi connectivity index (χ1) is 13.5. The van der Waals surface area contributed by atoms with E-state index < -0.39 is 15.7 Å². The number of hydrogen-bond acceptors (Lipinski definition) is 6. The Morgan fingerprint density at radius 3 is 2.50 bits per heavy atom. The summed E-state index contributed by atoms with van der Waals surface area (Å²) in [6, 6.07) is 11.9. The Bertz CT molecular complexity index is 1180. The minimum Gasteiger partial charge on any atom is -0.378 e. The molecule has 2 heterocycles. The minimum absolute atomic E-state index is 0.0539. The zero-order valence-corrected chi connectivity index (χ0v) is 15.6. The van der Waals surface area contributed by atoms with Crippen molar-refractivity contribution < 1.29 is 17.5 Å². The lowest BCUT2D eigenvalue weighted by atomic mass is 10.1. The molecule has 1 aliphatic rings. The average Bonchev–Trinajstić information content (AvgIpc) is 2.73. The van der Waals surface area contributed by atoms with Gasteiger partial charge in [0.25, 0.3) is 0 Å². The second-order valence-corrected chi connectivity index (χ2v) is 8.29. The minimum atomic E-state index is -3.89. The molecule has 1 saturated heterocycles. The lowest BCUT2D eigenvalue weighted by molar-refractivity contribution is 0.122. The fourth-order valence-electron chi connectivity index (χ4n) is 3.28. The van der Waals surface area contributed by atoms with Gasteiger partial charge in [-0.15, -0.1) is 0 Å². The molecule has 0 saturated carbocycles. The lowest BCUT2D eigenvalue weighted by Crippen LogP contribution is -2.37. The third-order valence-electron chi connectivity index (χ3n) is 4.68. The number of aromatic nitrogens is 1. The molecule has 1 aromatic heterocycles. The number of benzene rings is 2. The molecule has 2 aromatic carbocycles. The van der Waals surface area contributed by atoms with Crippen LogP contribution in [0.4, 0.5) is 10.1 Å². The van der Waals surface area contributed by atoms with Gasteiger partial charge in [-0.1, -0.05) is 0 Å². The van der Waals surface area contributed by atoms with Crippen LogP contribution in [0, 0.1) is 17.1 Å². The van der Waals surface area contributed by atoms with Crippen LogP contribution in [0.5, 0.6) is 0 Å². The van der Waals surface area contributed by atoms with E-state index in [1.165, 1.54) is 42.6 Å². The molecule has 0 radical (unpaired) electrons. The van der Waals surface area contributed by atoms with E-state index in [2.05, 4.69) is 4.98 Å². The van der Waals surface area contributed by atoms with E-state index in [9.17, 15) is 12.8 Å². The number of sulfone groups is 1. The average molecular weight is 397 g/mol. The van der Waals surface area contributed by atoms with Crippen molar-refractivity contribution in [2.45, 2.75) is 9.79 Å². The van der Waals surface area contributed by atoms with E-state index in [-0.39, 0.29) is 9.79 Å². The fourth-order valence-corrected chi connectivity index (χ4v) is 4.71. The fraction of sp³-hybridized carbons (Fsp3) is 0.200. The molecule has 0 amide bonds. The Kier molecular flexibility index (Phi) is 4.71. The van der Waals surface area contributed by atoms with Crippen LogP contribution in [0.1, 0.15) is 5.56 Å². The van der Waals surface area contributed by atoms with Gasteiger partial charge >= 0.3 is 0 Å². The molecule has 28 heavy (non-hydrogen) atoms. The van der Waals surface area contributed by atoms with Crippen molar-refractivity contribution in [3.63, 3.8) is 0 Å². The molecule has 0 unspecified atom stereocenters. The van der Waals surface area contributed by atoms with Crippen LogP contribution in [0.3, 0.4) is 0 Å². The highest BCUT2D eigenvalue weighted by Gasteiger charge is 2.27. The molecular formula is C20H16FN3O3S. The maximum atomic E-state index is 13.7. The Labute approximate surface area is 161 Å². The van der Waals surface area contributed by atoms with Crippen molar-refractivity contribution in [3.05, 3.63) is 60.0 Å². The van der Waals surface area contributed by atoms with Crippen LogP contribution < -0.4 is 4.90 Å². The van der Waals surface area contributed by atoms with Gasteiger partial charge in [0.1, 0.15) is 10.7 Å². The predicted octanol–water partition coefficient (Wildman–Crippen LogP) is 2.91. The molecular weight excluding hydrogens is 381 g/mol. The van der Waals surface area contributed by atoms with E-state index in [1.54, 1.807) is 6.07 Å². The molecule has 142 valence electrons. The van der Waals surface area contributed by atoms with Crippen LogP contribution in [0.25, 0.3) is 10.9 Å². The summed E-state index contributed by atoms with van der Waals surface area (Å²) in [5, 5.41) is 9.51. The Morgan fingerprint density at radius 2 is 1.82 bits per heavy atom. The molecule has 0 bridgehead atoms. The van der Waals surface area contributed by atoms with E-state index in [0.717, 1.165) is 0 Å². The first kappa shape index (κ1) is 18.3. The number of pyridine rings is 1. The molecule has 6 nitrogen and oxygen atoms in total. The summed E-state index contributed by atoms with van der Waals surface area (Å²) in [5.74, 6) is -0.435. The monoisotopic (exact) mass is 397 g/mol. The summed E-state index contributed by atoms with van der Waals surface area (Å²) in [7, 11) is -3.89. The summed E-state index contributed by atoms with van der Waals surface area (Å²) in [6.45, 7) is 1.99. The van der Waals surface area contributed by atoms with E-state index in [4.69, 9.17) is 10.00 Å². The van der Waals surface area contributed by atoms with Gasteiger partial charge in [-0.05, 0) is 36.4 Å². The van der Waals surface area contributed by atoms with Gasteiger partial charge < -0.3 is 9.64 Å². The maximum Gasteiger partial charge on any atom is 0.210 e. The third kappa shape index (κ3) is 3.19. The number of fused-ring (bicyclic) bond motifs is 1. The van der Waals surface area contributed by atoms with Crippen molar-refractivity contribution in [1.82, 2.24) is 4.98 Å². The third-order valence-corrected chi connectivity index (χ3v) is 6.45. The molecule has 0 atom stereocenters. The first-order valence-electron chi connectivity index (χ1n) is 8.67. The smallest absolute Gasteiger partial charge is 0.210 e. The molecule has 0 aliphatic carbocycles. The number of nitrogens with zero attached hydrogens (tertiary/aromatic N) is 3. The predicted molar refractivity (Wildman–Crippen MR) is 101 cm³/mol. The highest BCUT2D eigenvalue weighted by atomic mass is 32.2. The normalized spacial score (nSPS) is 14.8. The standard InChI is InChI=1S/C20H16FN3O3S/c21-15-3-6-17-18(11-15)23-13-19(20(17)24-7-9-27-10-8-24)28(25,26)16-4-1-14(12-22)2-5-16/h1-6,11,13H,7-10H2. The summed E-state index contributed by atoms with van der Waals surface area (Å²) in [4.78, 5) is 6.25. The quantitative estimate of drug-likeness (QED) is 0.676. The number of anilines is 1. The highest BCUT2D eigenvalue weighted by molar-refractivity contribution is 7.91. The molecule has 8 heteroatoms. The van der Waals surface area contributed by atoms with Crippen LogP contribution in [0.2, 0.25) is 0 Å². The highest BCUT2D eigenvalue weighted by Crippen LogP contribution is 2.36. The Morgan fingerprint density at radius 1 is 1.11 bits per heavy atom. The van der Waals surface area contributed by atoms with Gasteiger partial charge in [0.05, 0.1) is 40.9 Å². The van der Waals surface area contributed by atoms with Gasteiger partial charge in [-0.25, -0.2) is 12.8 Å². The van der Waals surface area contributed by atoms with Crippen LogP contribution in [0.15, 0.2) is 58.5 Å². The second-order valence-electron chi connectivity index (χ2n) is 6.37. The molecule has 4 rings (SSSR count). The van der Waals surface area contributed by atoms with Gasteiger partial charge in [0.2, 0.25) is 9.84 Å². The van der Waals surface area contributed by atoms with Gasteiger partial charge in [-0.3, -0.25) is 4.98 Å². The van der Waals surface area contributed by atoms with Gasteiger partial charge in [0.15, 0.2) is 0 Å². The molecule has 0 N–H and O–H groups in total. The summed E-state index contributed by atoms with van der Waals surface area (Å²) in [6.07, 6.45) is 1.28. The van der Waals surface area contributed by atoms with Crippen molar-refractivity contribution in [2.75, 3.05) is 31.2 Å². The Balaban J connectivity index is 1.94. The zero-order chi connectivity index (χ0) is 19.7. The van der Waals surface area contributed by atoms with Gasteiger partial charge in [-0.2, -0.15) is 5.26 Å². The van der Waals surface area contributed by atoms with E-state index in [1.807, 2.05) is 11.0 Å². The molecule has 3 aromatic rings. The van der Waals surface area contributed by atoms with E-state index >= 15 is 0 Å². The van der Waals surface area contributed by atoms with Crippen molar-refractivity contribution in [1.29, 1.82) is 5.26 Å². The van der Waals surface area contributed by atoms with Crippen molar-refractivity contribution in [2.24, 2.45) is 0 Å². The number of nitriles is 1. The summed E-state index contributed by atoms with van der Waals surface area (Å²) < 4.78 is 45.8. The first-order valence-corrected chi connectivity index (χ1v) is 10.2. The van der Waals surface area contributed by atoms with Crippen LogP contribution >= 0.6 is 0 Å². The topological polar surface area (TPSA) is 83.3 Å². The van der Waals surface area contributed by atoms with Crippen molar-refractivity contribution in [3.8, 4) is 6.07 Å². The molecule has 0 spiro atoms. The summed E-state index contributed by atoms with van der Waals surface area (Å²) >= 11 is 0. The molecule has 1 aliphatic heterocycles. The van der Waals surface area contributed by atoms with E-state index in [0.29, 0.717) is 48.5 Å². The summed E-state index contributed by atoms with van der Waals surface area (Å²) in [5.41, 5.74) is 1.26. The largest absolute Gasteiger partial charge is 0.378 e. The number of ether oxygens (including phenoxy) is 1. The Hall–Kier alpha value is -3.02. The molecule has 1 fully saturated rings. The maximum absolute atomic E-state index is 13.7. The van der Waals surface area contributed by atoms with Gasteiger partial charge in [0, 0.05) is 30.7 Å². The van der Waals surface area contributed by atoms with Crippen LogP contribution in [-0.2, 0) is 14.6 Å². The lowest BCUT2D eigenvalue weighted by Gasteiger charge is -2.31. The van der Waals surface area contributed by atoms with Crippen molar-refractivity contribution >= 4 is 26.4 Å². The number of hydrogen-bond donors (Lipinski definition) is 0. The zero-order valence-electron chi connectivity index (χ0n) is 14.8. The number of morpholine rings is 1. The number of halogens is 1. The second kappa shape index (κ2) is 7.19. The van der Waals surface area contributed by atoms with Crippen LogP contribution in [-0.4, -0.2) is 39.7 Å². The number of rotatable bonds is 3. The SMILES string of the molecule is N#Cc1ccc(S(=O)(=O)c2cnc3cc(F)ccc3c2N2CCOCC2)cc1.